The van der Waals surface area contributed by atoms with E-state index in [2.05, 4.69) is 6.58 Å². The second kappa shape index (κ2) is 7.22. The number of fused-ring (bicyclic) bond motifs is 1. The number of aliphatic hydroxyl groups is 1. The largest absolute Gasteiger partial charge is 0.465 e. The molecule has 7 heteroatoms. The molecule has 1 aromatic rings. The molecular weight excluding hydrogens is 376 g/mol. The van der Waals surface area contributed by atoms with E-state index in [0.29, 0.717) is 5.56 Å². The Labute approximate surface area is 168 Å². The summed E-state index contributed by atoms with van der Waals surface area (Å²) in [6.45, 7) is 7.50. The van der Waals surface area contributed by atoms with Gasteiger partial charge in [-0.1, -0.05) is 25.1 Å². The van der Waals surface area contributed by atoms with E-state index < -0.39 is 47.0 Å². The number of allylic oxidation sites excluding steroid dienone is 1. The van der Waals surface area contributed by atoms with Crippen LogP contribution in [0.2, 0.25) is 0 Å². The van der Waals surface area contributed by atoms with Crippen molar-refractivity contribution >= 4 is 23.5 Å². The van der Waals surface area contributed by atoms with Crippen molar-refractivity contribution in [2.24, 2.45) is 22.7 Å². The summed E-state index contributed by atoms with van der Waals surface area (Å²) in [5.41, 5.74) is -2.25. The molecule has 1 aliphatic heterocycles. The fourth-order valence-corrected chi connectivity index (χ4v) is 4.78. The summed E-state index contributed by atoms with van der Waals surface area (Å²) in [5.74, 6) is -4.33. The highest BCUT2D eigenvalue weighted by Gasteiger charge is 2.73. The lowest BCUT2D eigenvalue weighted by Gasteiger charge is -2.45. The molecule has 3 rings (SSSR count). The quantitative estimate of drug-likeness (QED) is 0.349. The molecule has 4 atom stereocenters. The van der Waals surface area contributed by atoms with Crippen LogP contribution >= 0.6 is 0 Å². The molecule has 1 aromatic carbocycles. The number of aliphatic hydroxyl groups excluding tert-OH is 1. The van der Waals surface area contributed by atoms with Crippen LogP contribution in [0.1, 0.15) is 36.2 Å². The first-order valence-electron chi connectivity index (χ1n) is 9.41. The van der Waals surface area contributed by atoms with Crippen molar-refractivity contribution in [2.75, 3.05) is 13.2 Å². The molecule has 0 bridgehead atoms. The number of carbonyl (C=O) groups is 4. The minimum atomic E-state index is -1.89. The number of esters is 2. The molecule has 1 fully saturated rings. The summed E-state index contributed by atoms with van der Waals surface area (Å²) < 4.78 is 10.6. The fraction of sp³-hybridized carbons (Fsp3) is 0.455. The standard InChI is InChI=1S/C22H24O7/c1-5-21(4)9-15(25)18(14(10-23)11-28-13(3)24)22(21)19(26)17-12(2)7-6-8-16(17)29-20(22)27/h5-8,14,18,23H,1,9-11H2,2-4H3/t14-,18+,21-,22-/m1/s1. The summed E-state index contributed by atoms with van der Waals surface area (Å²) in [5, 5.41) is 9.96. The number of aryl methyl sites for hydroxylation is 1. The molecule has 7 nitrogen and oxygen atoms in total. The van der Waals surface area contributed by atoms with Gasteiger partial charge in [-0.05, 0) is 18.6 Å². The molecule has 1 heterocycles. The lowest BCUT2D eigenvalue weighted by Crippen LogP contribution is -2.58. The molecule has 0 saturated heterocycles. The molecule has 1 aliphatic carbocycles. The zero-order chi connectivity index (χ0) is 21.6. The third-order valence-corrected chi connectivity index (χ3v) is 6.26. The Balaban J connectivity index is 2.25. The highest BCUT2D eigenvalue weighted by atomic mass is 16.5. The van der Waals surface area contributed by atoms with Crippen molar-refractivity contribution < 1.29 is 33.8 Å². The molecule has 29 heavy (non-hydrogen) atoms. The highest BCUT2D eigenvalue weighted by molar-refractivity contribution is 6.22. The van der Waals surface area contributed by atoms with Gasteiger partial charge < -0.3 is 14.6 Å². The van der Waals surface area contributed by atoms with Crippen molar-refractivity contribution in [3.8, 4) is 5.75 Å². The van der Waals surface area contributed by atoms with E-state index >= 15 is 0 Å². The topological polar surface area (TPSA) is 107 Å². The van der Waals surface area contributed by atoms with Gasteiger partial charge in [0.2, 0.25) is 0 Å². The van der Waals surface area contributed by atoms with Crippen LogP contribution in [0.5, 0.6) is 5.75 Å². The molecular formula is C22H24O7. The van der Waals surface area contributed by atoms with Gasteiger partial charge in [0.05, 0.1) is 18.1 Å². The minimum absolute atomic E-state index is 0.111. The third kappa shape index (κ3) is 2.83. The summed E-state index contributed by atoms with van der Waals surface area (Å²) in [6.07, 6.45) is 1.33. The van der Waals surface area contributed by atoms with Crippen molar-refractivity contribution in [3.63, 3.8) is 0 Å². The normalized spacial score (nSPS) is 29.4. The maximum Gasteiger partial charge on any atom is 0.327 e. The Kier molecular flexibility index (Phi) is 5.21. The lowest BCUT2D eigenvalue weighted by atomic mass is 9.56. The first kappa shape index (κ1) is 20.9. The molecule has 2 aliphatic rings. The average Bonchev–Trinajstić information content (AvgIpc) is 2.89. The Morgan fingerprint density at radius 2 is 2.10 bits per heavy atom. The summed E-state index contributed by atoms with van der Waals surface area (Å²) in [6, 6.07) is 4.93. The van der Waals surface area contributed by atoms with E-state index in [1.54, 1.807) is 26.0 Å². The molecule has 1 N–H and O–H groups in total. The van der Waals surface area contributed by atoms with Gasteiger partial charge in [0.25, 0.3) is 0 Å². The average molecular weight is 400 g/mol. The number of rotatable bonds is 5. The fourth-order valence-electron chi connectivity index (χ4n) is 4.78. The molecule has 0 unspecified atom stereocenters. The molecule has 154 valence electrons. The van der Waals surface area contributed by atoms with E-state index in [-0.39, 0.29) is 30.1 Å². The predicted octanol–water partition coefficient (Wildman–Crippen LogP) is 2.04. The smallest absolute Gasteiger partial charge is 0.327 e. The van der Waals surface area contributed by atoms with Crippen LogP contribution in [-0.2, 0) is 19.1 Å². The van der Waals surface area contributed by atoms with Crippen LogP contribution in [0.3, 0.4) is 0 Å². The highest BCUT2D eigenvalue weighted by Crippen LogP contribution is 2.61. The zero-order valence-electron chi connectivity index (χ0n) is 16.7. The monoisotopic (exact) mass is 400 g/mol. The number of Topliss-reactive ketones (excluding diaryl/α,β-unsaturated/α-hetero) is 2. The summed E-state index contributed by atoms with van der Waals surface area (Å²) in [4.78, 5) is 51.6. The second-order valence-corrected chi connectivity index (χ2v) is 7.96. The molecule has 0 amide bonds. The van der Waals surface area contributed by atoms with Crippen LogP contribution in [0.4, 0.5) is 0 Å². The molecule has 1 spiro atoms. The van der Waals surface area contributed by atoms with Gasteiger partial charge in [0.15, 0.2) is 11.2 Å². The number of carbonyl (C=O) groups excluding carboxylic acids is 4. The predicted molar refractivity (Wildman–Crippen MR) is 102 cm³/mol. The van der Waals surface area contributed by atoms with E-state index in [0.717, 1.165) is 0 Å². The number of hydrogen-bond acceptors (Lipinski definition) is 7. The summed E-state index contributed by atoms with van der Waals surface area (Å²) >= 11 is 0. The Bertz CT molecular complexity index is 918. The van der Waals surface area contributed by atoms with Gasteiger partial charge in [-0.25, -0.2) is 0 Å². The SMILES string of the molecule is C=C[C@]1(C)CC(=O)[C@H]([C@H](CO)COC(C)=O)[C@@]12C(=O)Oc1cccc(C)c1C2=O. The van der Waals surface area contributed by atoms with Gasteiger partial charge in [0.1, 0.15) is 11.5 Å². The molecule has 0 aromatic heterocycles. The Morgan fingerprint density at radius 1 is 1.41 bits per heavy atom. The molecule has 1 saturated carbocycles. The van der Waals surface area contributed by atoms with Crippen molar-refractivity contribution in [3.05, 3.63) is 42.0 Å². The van der Waals surface area contributed by atoms with Gasteiger partial charge in [-0.3, -0.25) is 19.2 Å². The van der Waals surface area contributed by atoms with E-state index in [1.165, 1.54) is 19.1 Å². The van der Waals surface area contributed by atoms with Gasteiger partial charge in [-0.2, -0.15) is 0 Å². The van der Waals surface area contributed by atoms with Crippen molar-refractivity contribution in [1.29, 1.82) is 0 Å². The maximum absolute atomic E-state index is 13.9. The van der Waals surface area contributed by atoms with Gasteiger partial charge >= 0.3 is 11.9 Å². The van der Waals surface area contributed by atoms with Crippen LogP contribution in [0.15, 0.2) is 30.9 Å². The Hall–Kier alpha value is -2.80. The maximum atomic E-state index is 13.9. The number of ketones is 2. The first-order valence-corrected chi connectivity index (χ1v) is 9.41. The first-order chi connectivity index (χ1) is 13.6. The van der Waals surface area contributed by atoms with E-state index in [1.807, 2.05) is 0 Å². The van der Waals surface area contributed by atoms with E-state index in [4.69, 9.17) is 9.47 Å². The van der Waals surface area contributed by atoms with Gasteiger partial charge in [-0.15, -0.1) is 6.58 Å². The Morgan fingerprint density at radius 3 is 2.69 bits per heavy atom. The number of hydrogen-bond donors (Lipinski definition) is 1. The number of ether oxygens (including phenoxy) is 2. The van der Waals surface area contributed by atoms with Gasteiger partial charge in [0, 0.05) is 31.3 Å². The third-order valence-electron chi connectivity index (χ3n) is 6.26. The van der Waals surface area contributed by atoms with Crippen LogP contribution in [-0.4, -0.2) is 41.8 Å². The summed E-state index contributed by atoms with van der Waals surface area (Å²) in [7, 11) is 0. The lowest BCUT2D eigenvalue weighted by molar-refractivity contribution is -0.156. The van der Waals surface area contributed by atoms with Crippen molar-refractivity contribution in [2.45, 2.75) is 27.2 Å². The number of benzene rings is 1. The minimum Gasteiger partial charge on any atom is -0.465 e. The van der Waals surface area contributed by atoms with Crippen LogP contribution in [0.25, 0.3) is 0 Å². The van der Waals surface area contributed by atoms with E-state index in [9.17, 15) is 24.3 Å². The second-order valence-electron chi connectivity index (χ2n) is 7.96. The molecule has 0 radical (unpaired) electrons. The zero-order valence-corrected chi connectivity index (χ0v) is 16.7. The van der Waals surface area contributed by atoms with Crippen LogP contribution < -0.4 is 4.74 Å². The van der Waals surface area contributed by atoms with Crippen LogP contribution in [0, 0.1) is 29.6 Å². The van der Waals surface area contributed by atoms with Crippen molar-refractivity contribution in [1.82, 2.24) is 0 Å².